The van der Waals surface area contributed by atoms with E-state index >= 15 is 0 Å². The Hall–Kier alpha value is -1.15. The van der Waals surface area contributed by atoms with Crippen LogP contribution < -0.4 is 4.72 Å². The average molecular weight is 385 g/mol. The van der Waals surface area contributed by atoms with E-state index in [0.29, 0.717) is 4.21 Å². The van der Waals surface area contributed by atoms with Gasteiger partial charge in [0.2, 0.25) is 10.0 Å². The molecule has 0 amide bonds. The van der Waals surface area contributed by atoms with Crippen LogP contribution in [0.15, 0.2) is 44.4 Å². The van der Waals surface area contributed by atoms with Gasteiger partial charge in [-0.25, -0.2) is 13.1 Å². The van der Waals surface area contributed by atoms with E-state index in [4.69, 9.17) is 0 Å². The fourth-order valence-electron chi connectivity index (χ4n) is 2.13. The molecule has 110 valence electrons. The van der Waals surface area contributed by atoms with Crippen LogP contribution in [-0.2, 0) is 16.6 Å². The van der Waals surface area contributed by atoms with Crippen LogP contribution in [0.1, 0.15) is 11.3 Å². The van der Waals surface area contributed by atoms with E-state index < -0.39 is 10.0 Å². The largest absolute Gasteiger partial charge is 0.359 e. The van der Waals surface area contributed by atoms with Crippen molar-refractivity contribution in [2.45, 2.75) is 17.7 Å². The van der Waals surface area contributed by atoms with Crippen molar-refractivity contribution < 1.29 is 8.42 Å². The highest BCUT2D eigenvalue weighted by atomic mass is 79.9. The number of benzene rings is 1. The molecule has 3 rings (SSSR count). The minimum Gasteiger partial charge on any atom is -0.359 e. The molecule has 7 heteroatoms. The first-order valence-electron chi connectivity index (χ1n) is 6.27. The molecule has 1 aromatic carbocycles. The third kappa shape index (κ3) is 3.21. The Morgan fingerprint density at radius 2 is 2.05 bits per heavy atom. The second kappa shape index (κ2) is 5.57. The predicted octanol–water partition coefficient (Wildman–Crippen LogP) is 3.78. The van der Waals surface area contributed by atoms with Gasteiger partial charge in [-0.3, -0.25) is 0 Å². The van der Waals surface area contributed by atoms with E-state index in [1.54, 1.807) is 12.1 Å². The summed E-state index contributed by atoms with van der Waals surface area (Å²) in [5, 5.41) is 1.09. The van der Waals surface area contributed by atoms with Gasteiger partial charge >= 0.3 is 0 Å². The summed E-state index contributed by atoms with van der Waals surface area (Å²) in [6, 6.07) is 11.2. The van der Waals surface area contributed by atoms with Gasteiger partial charge in [-0.05, 0) is 64.1 Å². The number of aryl methyl sites for hydroxylation is 1. The maximum atomic E-state index is 12.2. The highest BCUT2D eigenvalue weighted by molar-refractivity contribution is 9.11. The maximum Gasteiger partial charge on any atom is 0.250 e. The van der Waals surface area contributed by atoms with Crippen molar-refractivity contribution in [3.8, 4) is 0 Å². The Morgan fingerprint density at radius 3 is 2.76 bits per heavy atom. The summed E-state index contributed by atoms with van der Waals surface area (Å²) in [5.41, 5.74) is 3.08. The molecule has 0 saturated heterocycles. The Morgan fingerprint density at radius 1 is 1.24 bits per heavy atom. The van der Waals surface area contributed by atoms with Crippen LogP contribution in [0.2, 0.25) is 0 Å². The summed E-state index contributed by atoms with van der Waals surface area (Å²) >= 11 is 4.47. The number of fused-ring (bicyclic) bond motifs is 1. The van der Waals surface area contributed by atoms with Crippen LogP contribution in [0.3, 0.4) is 0 Å². The van der Waals surface area contributed by atoms with E-state index in [9.17, 15) is 8.42 Å². The molecule has 2 aromatic heterocycles. The molecular weight excluding hydrogens is 372 g/mol. The van der Waals surface area contributed by atoms with Gasteiger partial charge in [-0.2, -0.15) is 0 Å². The fourth-order valence-corrected chi connectivity index (χ4v) is 5.20. The number of thiophene rings is 1. The van der Waals surface area contributed by atoms with Gasteiger partial charge in [0, 0.05) is 17.8 Å². The molecule has 0 aliphatic heterocycles. The molecule has 0 fully saturated rings. The maximum absolute atomic E-state index is 12.2. The smallest absolute Gasteiger partial charge is 0.250 e. The van der Waals surface area contributed by atoms with E-state index in [1.165, 1.54) is 11.3 Å². The van der Waals surface area contributed by atoms with Gasteiger partial charge in [0.1, 0.15) is 4.21 Å². The van der Waals surface area contributed by atoms with Gasteiger partial charge in [-0.1, -0.05) is 6.07 Å². The van der Waals surface area contributed by atoms with E-state index in [-0.39, 0.29) is 6.54 Å². The molecule has 0 unspecified atom stereocenters. The minimum absolute atomic E-state index is 0.276. The van der Waals surface area contributed by atoms with Crippen LogP contribution in [0.5, 0.6) is 0 Å². The number of hydrogen-bond acceptors (Lipinski definition) is 3. The number of aromatic amines is 1. The number of sulfonamides is 1. The first-order chi connectivity index (χ1) is 9.94. The monoisotopic (exact) mass is 384 g/mol. The van der Waals surface area contributed by atoms with E-state index in [2.05, 4.69) is 25.6 Å². The molecule has 0 radical (unpaired) electrons. The molecule has 0 saturated carbocycles. The Labute approximate surface area is 135 Å². The van der Waals surface area contributed by atoms with Crippen LogP contribution in [0.4, 0.5) is 0 Å². The molecule has 2 heterocycles. The summed E-state index contributed by atoms with van der Waals surface area (Å²) in [6.07, 6.45) is 0. The van der Waals surface area contributed by atoms with Crippen molar-refractivity contribution in [1.29, 1.82) is 0 Å². The van der Waals surface area contributed by atoms with Crippen molar-refractivity contribution >= 4 is 48.2 Å². The lowest BCUT2D eigenvalue weighted by Crippen LogP contribution is -2.22. The molecular formula is C14H13BrN2O2S2. The Balaban J connectivity index is 1.79. The molecule has 3 aromatic rings. The first-order valence-corrected chi connectivity index (χ1v) is 9.36. The zero-order valence-corrected chi connectivity index (χ0v) is 14.4. The fraction of sp³-hybridized carbons (Fsp3) is 0.143. The van der Waals surface area contributed by atoms with Crippen molar-refractivity contribution in [1.82, 2.24) is 9.71 Å². The topological polar surface area (TPSA) is 62.0 Å². The quantitative estimate of drug-likeness (QED) is 0.718. The summed E-state index contributed by atoms with van der Waals surface area (Å²) < 4.78 is 28.1. The van der Waals surface area contributed by atoms with E-state index in [1.807, 2.05) is 31.2 Å². The third-order valence-electron chi connectivity index (χ3n) is 3.10. The standard InChI is InChI=1S/C14H13BrN2O2S2/c1-9-6-11-7-10(2-3-12(11)17-9)8-16-21(18,19)14-5-4-13(15)20-14/h2-7,16-17H,8H2,1H3. The number of aromatic nitrogens is 1. The molecule has 2 N–H and O–H groups in total. The molecule has 0 spiro atoms. The van der Waals surface area contributed by atoms with Crippen molar-refractivity contribution in [2.75, 3.05) is 0 Å². The average Bonchev–Trinajstić information content (AvgIpc) is 3.01. The number of hydrogen-bond donors (Lipinski definition) is 2. The Kier molecular flexibility index (Phi) is 3.92. The summed E-state index contributed by atoms with van der Waals surface area (Å²) in [6.45, 7) is 2.27. The SMILES string of the molecule is Cc1cc2cc(CNS(=O)(=O)c3ccc(Br)s3)ccc2[nH]1. The Bertz CT molecular complexity index is 897. The summed E-state index contributed by atoms with van der Waals surface area (Å²) in [5.74, 6) is 0. The third-order valence-corrected chi connectivity index (χ3v) is 6.62. The number of rotatable bonds is 4. The van der Waals surface area contributed by atoms with Crippen molar-refractivity contribution in [3.05, 3.63) is 51.4 Å². The molecule has 0 bridgehead atoms. The second-order valence-corrected chi connectivity index (χ2v) is 9.21. The molecule has 0 atom stereocenters. The number of nitrogens with one attached hydrogen (secondary N) is 2. The van der Waals surface area contributed by atoms with Crippen LogP contribution in [0, 0.1) is 6.92 Å². The van der Waals surface area contributed by atoms with Crippen molar-refractivity contribution in [2.24, 2.45) is 0 Å². The highest BCUT2D eigenvalue weighted by Gasteiger charge is 2.16. The highest BCUT2D eigenvalue weighted by Crippen LogP contribution is 2.26. The summed E-state index contributed by atoms with van der Waals surface area (Å²) in [7, 11) is -3.46. The predicted molar refractivity (Wildman–Crippen MR) is 89.1 cm³/mol. The van der Waals surface area contributed by atoms with Gasteiger partial charge in [0.25, 0.3) is 0 Å². The van der Waals surface area contributed by atoms with Gasteiger partial charge < -0.3 is 4.98 Å². The van der Waals surface area contributed by atoms with Crippen LogP contribution in [-0.4, -0.2) is 13.4 Å². The zero-order chi connectivity index (χ0) is 15.0. The lowest BCUT2D eigenvalue weighted by molar-refractivity contribution is 0.583. The second-order valence-electron chi connectivity index (χ2n) is 4.76. The van der Waals surface area contributed by atoms with Crippen molar-refractivity contribution in [3.63, 3.8) is 0 Å². The molecule has 4 nitrogen and oxygen atoms in total. The minimum atomic E-state index is -3.46. The zero-order valence-electron chi connectivity index (χ0n) is 11.2. The lowest BCUT2D eigenvalue weighted by Gasteiger charge is -2.05. The van der Waals surface area contributed by atoms with Crippen LogP contribution in [0.25, 0.3) is 10.9 Å². The molecule has 0 aliphatic carbocycles. The lowest BCUT2D eigenvalue weighted by atomic mass is 10.1. The van der Waals surface area contributed by atoms with Gasteiger partial charge in [-0.15, -0.1) is 11.3 Å². The van der Waals surface area contributed by atoms with E-state index in [0.717, 1.165) is 25.9 Å². The first kappa shape index (κ1) is 14.8. The van der Waals surface area contributed by atoms with Gasteiger partial charge in [0.15, 0.2) is 0 Å². The normalized spacial score (nSPS) is 12.1. The van der Waals surface area contributed by atoms with Crippen LogP contribution >= 0.6 is 27.3 Å². The number of halogens is 1. The number of H-pyrrole nitrogens is 1. The summed E-state index contributed by atoms with van der Waals surface area (Å²) in [4.78, 5) is 3.24. The molecule has 0 aliphatic rings. The van der Waals surface area contributed by atoms with Gasteiger partial charge in [0.05, 0.1) is 3.79 Å². The molecule has 21 heavy (non-hydrogen) atoms.